The number of anilines is 5. The van der Waals surface area contributed by atoms with Gasteiger partial charge in [0.2, 0.25) is 11.9 Å². The maximum absolute atomic E-state index is 12.4. The Morgan fingerprint density at radius 1 is 0.905 bits per heavy atom. The highest BCUT2D eigenvalue weighted by Crippen LogP contribution is 2.25. The minimum Gasteiger partial charge on any atom is -0.340 e. The summed E-state index contributed by atoms with van der Waals surface area (Å²) in [6, 6.07) is 23.8. The topological polar surface area (TPSA) is 112 Å². The van der Waals surface area contributed by atoms with Crippen LogP contribution in [0.25, 0.3) is 10.9 Å². The Labute approximate surface area is 245 Å². The van der Waals surface area contributed by atoms with Crippen molar-refractivity contribution in [1.82, 2.24) is 30.0 Å². The van der Waals surface area contributed by atoms with Crippen molar-refractivity contribution in [2.24, 2.45) is 7.05 Å². The van der Waals surface area contributed by atoms with Crippen molar-refractivity contribution >= 4 is 45.6 Å². The van der Waals surface area contributed by atoms with E-state index in [0.717, 1.165) is 27.8 Å². The first kappa shape index (κ1) is 28.5. The number of likely N-dealkylation sites (N-methyl/N-ethyl adjacent to an activating group) is 1. The fourth-order valence-electron chi connectivity index (χ4n) is 4.36. The van der Waals surface area contributed by atoms with Crippen LogP contribution in [0.1, 0.15) is 11.1 Å². The Morgan fingerprint density at radius 3 is 2.55 bits per heavy atom. The summed E-state index contributed by atoms with van der Waals surface area (Å²) in [7, 11) is 5.82. The minimum absolute atomic E-state index is 0.182. The molecule has 1 amide bonds. The highest BCUT2D eigenvalue weighted by molar-refractivity contribution is 5.99. The summed E-state index contributed by atoms with van der Waals surface area (Å²) in [6.07, 6.45) is 7.03. The van der Waals surface area contributed by atoms with Crippen LogP contribution in [-0.4, -0.2) is 51.2 Å². The van der Waals surface area contributed by atoms with Crippen molar-refractivity contribution in [2.75, 3.05) is 36.6 Å². The number of benzene rings is 3. The van der Waals surface area contributed by atoms with Crippen LogP contribution in [0.4, 0.5) is 28.8 Å². The zero-order valence-electron chi connectivity index (χ0n) is 24.0. The van der Waals surface area contributed by atoms with E-state index in [2.05, 4.69) is 43.5 Å². The van der Waals surface area contributed by atoms with E-state index in [-0.39, 0.29) is 5.91 Å². The summed E-state index contributed by atoms with van der Waals surface area (Å²) in [5.41, 5.74) is 5.43. The van der Waals surface area contributed by atoms with E-state index in [1.165, 1.54) is 5.56 Å². The highest BCUT2D eigenvalue weighted by atomic mass is 16.1. The zero-order chi connectivity index (χ0) is 29.3. The Morgan fingerprint density at radius 2 is 1.71 bits per heavy atom. The Kier molecular flexibility index (Phi) is 9.17. The van der Waals surface area contributed by atoms with Gasteiger partial charge in [-0.1, -0.05) is 42.5 Å². The lowest BCUT2D eigenvalue weighted by Gasteiger charge is -2.15. The molecule has 5 rings (SSSR count). The molecule has 3 aromatic carbocycles. The molecule has 0 atom stereocenters. The number of rotatable bonds is 12. The van der Waals surface area contributed by atoms with Gasteiger partial charge in [0.15, 0.2) is 0 Å². The second kappa shape index (κ2) is 13.5. The minimum atomic E-state index is -0.182. The summed E-state index contributed by atoms with van der Waals surface area (Å²) in [4.78, 5) is 23.8. The number of hydrogen-bond donors (Lipinski definition) is 4. The van der Waals surface area contributed by atoms with Crippen LogP contribution in [0.3, 0.4) is 0 Å². The van der Waals surface area contributed by atoms with Crippen molar-refractivity contribution < 1.29 is 4.79 Å². The summed E-state index contributed by atoms with van der Waals surface area (Å²) in [6.45, 7) is 1.97. The Hall–Kier alpha value is -5.06. The maximum atomic E-state index is 12.4. The van der Waals surface area contributed by atoms with E-state index < -0.39 is 0 Å². The average Bonchev–Trinajstić information content (AvgIpc) is 3.34. The lowest BCUT2D eigenvalue weighted by atomic mass is 10.2. The first-order valence-corrected chi connectivity index (χ1v) is 13.7. The number of amides is 1. The van der Waals surface area contributed by atoms with Crippen LogP contribution in [0, 0.1) is 0 Å². The third-order valence-corrected chi connectivity index (χ3v) is 6.49. The number of carbonyl (C=O) groups excluding carboxylic acids is 1. The molecule has 0 saturated carbocycles. The molecule has 0 spiro atoms. The van der Waals surface area contributed by atoms with Gasteiger partial charge in [-0.25, -0.2) is 4.98 Å². The van der Waals surface area contributed by atoms with Crippen LogP contribution >= 0.6 is 0 Å². The van der Waals surface area contributed by atoms with Crippen molar-refractivity contribution in [3.8, 4) is 0 Å². The summed E-state index contributed by atoms with van der Waals surface area (Å²) >= 11 is 0. The fraction of sp³-hybridized carbons (Fsp3) is 0.188. The quantitative estimate of drug-likeness (QED) is 0.154. The number of hydrogen-bond acceptors (Lipinski definition) is 8. The SMILES string of the molecule is CN(C)C/C=C/C(=O)Nc1cccc(Nc2nc(Nc3ccc4cnn(C)c4c3)ncc2CNCc2ccccc2)c1. The predicted molar refractivity (Wildman–Crippen MR) is 169 cm³/mol. The Bertz CT molecular complexity index is 1680. The van der Waals surface area contributed by atoms with Crippen molar-refractivity contribution in [3.63, 3.8) is 0 Å². The van der Waals surface area contributed by atoms with Gasteiger partial charge in [-0.3, -0.25) is 9.48 Å². The van der Waals surface area contributed by atoms with Crippen LogP contribution in [0.2, 0.25) is 0 Å². The molecule has 4 N–H and O–H groups in total. The van der Waals surface area contributed by atoms with Gasteiger partial charge in [0.05, 0.1) is 11.7 Å². The molecule has 42 heavy (non-hydrogen) atoms. The molecule has 2 heterocycles. The second-order valence-electron chi connectivity index (χ2n) is 10.2. The molecule has 0 fully saturated rings. The molecular formula is C32H35N9O. The standard InChI is InChI=1S/C32H35N9O/c1-40(2)16-8-13-30(42)36-26-11-7-12-27(17-26)37-31-25(20-33-19-23-9-5-4-6-10-23)21-34-32(39-31)38-28-15-14-24-22-35-41(3)29(24)18-28/h4-15,17-18,21-22,33H,16,19-20H2,1-3H3,(H,36,42)(H2,34,37,38,39)/b13-8+. The molecule has 0 unspecified atom stereocenters. The van der Waals surface area contributed by atoms with Crippen LogP contribution in [0.15, 0.2) is 97.3 Å². The first-order valence-electron chi connectivity index (χ1n) is 13.7. The smallest absolute Gasteiger partial charge is 0.248 e. The monoisotopic (exact) mass is 561 g/mol. The normalized spacial score (nSPS) is 11.3. The van der Waals surface area contributed by atoms with Gasteiger partial charge in [-0.05, 0) is 56.1 Å². The highest BCUT2D eigenvalue weighted by Gasteiger charge is 2.11. The maximum Gasteiger partial charge on any atom is 0.248 e. The first-order chi connectivity index (χ1) is 20.4. The van der Waals surface area contributed by atoms with E-state index in [9.17, 15) is 4.79 Å². The van der Waals surface area contributed by atoms with E-state index >= 15 is 0 Å². The molecule has 0 saturated heterocycles. The number of nitrogens with one attached hydrogen (secondary N) is 4. The molecular weight excluding hydrogens is 526 g/mol. The molecule has 10 heteroatoms. The van der Waals surface area contributed by atoms with E-state index in [1.807, 2.05) is 110 Å². The summed E-state index contributed by atoms with van der Waals surface area (Å²) in [5, 5.41) is 18.5. The molecule has 0 aliphatic carbocycles. The molecule has 214 valence electrons. The molecule has 5 aromatic rings. The predicted octanol–water partition coefficient (Wildman–Crippen LogP) is 5.20. The summed E-state index contributed by atoms with van der Waals surface area (Å²) in [5.74, 6) is 0.934. The number of nitrogens with zero attached hydrogens (tertiary/aromatic N) is 5. The van der Waals surface area contributed by atoms with Crippen molar-refractivity contribution in [3.05, 3.63) is 108 Å². The lowest BCUT2D eigenvalue weighted by molar-refractivity contribution is -0.111. The fourth-order valence-corrected chi connectivity index (χ4v) is 4.36. The average molecular weight is 562 g/mol. The van der Waals surface area contributed by atoms with Gasteiger partial charge in [0.1, 0.15) is 5.82 Å². The number of aromatic nitrogens is 4. The van der Waals surface area contributed by atoms with E-state index in [1.54, 1.807) is 6.08 Å². The van der Waals surface area contributed by atoms with Crippen LogP contribution in [0.5, 0.6) is 0 Å². The van der Waals surface area contributed by atoms with Gasteiger partial charge >= 0.3 is 0 Å². The second-order valence-corrected chi connectivity index (χ2v) is 10.2. The van der Waals surface area contributed by atoms with Gasteiger partial charge in [0.25, 0.3) is 0 Å². The van der Waals surface area contributed by atoms with Gasteiger partial charge in [-0.2, -0.15) is 10.1 Å². The zero-order valence-corrected chi connectivity index (χ0v) is 24.0. The molecule has 0 radical (unpaired) electrons. The molecule has 10 nitrogen and oxygen atoms in total. The number of aryl methyl sites for hydroxylation is 1. The largest absolute Gasteiger partial charge is 0.340 e. The van der Waals surface area contributed by atoms with E-state index in [0.29, 0.717) is 37.1 Å². The van der Waals surface area contributed by atoms with Crippen LogP contribution in [-0.2, 0) is 24.9 Å². The van der Waals surface area contributed by atoms with Gasteiger partial charge in [0, 0.05) is 67.0 Å². The third-order valence-electron chi connectivity index (χ3n) is 6.49. The molecule has 0 bridgehead atoms. The van der Waals surface area contributed by atoms with E-state index in [4.69, 9.17) is 4.98 Å². The van der Waals surface area contributed by atoms with Gasteiger partial charge < -0.3 is 26.2 Å². The van der Waals surface area contributed by atoms with Crippen molar-refractivity contribution in [1.29, 1.82) is 0 Å². The number of carbonyl (C=O) groups is 1. The lowest BCUT2D eigenvalue weighted by Crippen LogP contribution is -2.15. The van der Waals surface area contributed by atoms with Crippen LogP contribution < -0.4 is 21.3 Å². The third kappa shape index (κ3) is 7.78. The molecule has 0 aliphatic rings. The number of fused-ring (bicyclic) bond motifs is 1. The van der Waals surface area contributed by atoms with Gasteiger partial charge in [-0.15, -0.1) is 0 Å². The molecule has 0 aliphatic heterocycles. The molecule has 2 aromatic heterocycles. The summed E-state index contributed by atoms with van der Waals surface area (Å²) < 4.78 is 1.83. The van der Waals surface area contributed by atoms with Crippen molar-refractivity contribution in [2.45, 2.75) is 13.1 Å². The Balaban J connectivity index is 1.35.